The summed E-state index contributed by atoms with van der Waals surface area (Å²) in [7, 11) is 0. The molecule has 0 saturated carbocycles. The van der Waals surface area contributed by atoms with Crippen LogP contribution in [0.25, 0.3) is 6.08 Å². The summed E-state index contributed by atoms with van der Waals surface area (Å²) < 4.78 is 5.28. The van der Waals surface area contributed by atoms with Gasteiger partial charge in [-0.25, -0.2) is 4.79 Å². The van der Waals surface area contributed by atoms with Crippen molar-refractivity contribution in [1.82, 2.24) is 0 Å². The van der Waals surface area contributed by atoms with Gasteiger partial charge in [-0.2, -0.15) is 0 Å². The Labute approximate surface area is 156 Å². The molecule has 0 radical (unpaired) electrons. The lowest BCUT2D eigenvalue weighted by molar-refractivity contribution is -0.111. The topological polar surface area (TPSA) is 55.4 Å². The molecule has 0 atom stereocenters. The zero-order valence-corrected chi connectivity index (χ0v) is 16.1. The van der Waals surface area contributed by atoms with Crippen molar-refractivity contribution < 1.29 is 14.3 Å². The maximum atomic E-state index is 12.3. The molecule has 0 aliphatic rings. The van der Waals surface area contributed by atoms with Gasteiger partial charge in [0.1, 0.15) is 5.00 Å². The van der Waals surface area contributed by atoms with Gasteiger partial charge in [0.2, 0.25) is 5.91 Å². The Balaban J connectivity index is 2.16. The number of carbonyl (C=O) groups excluding carboxylic acids is 2. The average molecular weight is 378 g/mol. The number of anilines is 1. The van der Waals surface area contributed by atoms with Crippen LogP contribution in [0.1, 0.15) is 40.2 Å². The SMILES string of the molecule is Cc1sc(NC(=O)/C=C/c2ccc(Cl)cc2)c(C(=O)OC(C)C)c1C. The molecule has 0 aliphatic heterocycles. The van der Waals surface area contributed by atoms with E-state index in [1.807, 2.05) is 26.0 Å². The number of thiophene rings is 1. The monoisotopic (exact) mass is 377 g/mol. The van der Waals surface area contributed by atoms with Gasteiger partial charge in [-0.1, -0.05) is 23.7 Å². The lowest BCUT2D eigenvalue weighted by atomic mass is 10.1. The number of esters is 1. The number of aryl methyl sites for hydroxylation is 1. The zero-order valence-electron chi connectivity index (χ0n) is 14.6. The number of amides is 1. The maximum absolute atomic E-state index is 12.3. The van der Waals surface area contributed by atoms with Gasteiger partial charge >= 0.3 is 5.97 Å². The Hall–Kier alpha value is -2.11. The lowest BCUT2D eigenvalue weighted by Gasteiger charge is -2.09. The van der Waals surface area contributed by atoms with E-state index >= 15 is 0 Å². The third kappa shape index (κ3) is 5.18. The van der Waals surface area contributed by atoms with Crippen molar-refractivity contribution in [3.05, 3.63) is 56.9 Å². The molecular weight excluding hydrogens is 358 g/mol. The van der Waals surface area contributed by atoms with Crippen LogP contribution in [-0.2, 0) is 9.53 Å². The number of ether oxygens (including phenoxy) is 1. The van der Waals surface area contributed by atoms with Crippen LogP contribution < -0.4 is 5.32 Å². The predicted molar refractivity (Wildman–Crippen MR) is 103 cm³/mol. The first-order valence-electron chi connectivity index (χ1n) is 7.83. The van der Waals surface area contributed by atoms with Crippen LogP contribution in [0.15, 0.2) is 30.3 Å². The highest BCUT2D eigenvalue weighted by Gasteiger charge is 2.22. The minimum absolute atomic E-state index is 0.222. The van der Waals surface area contributed by atoms with Gasteiger partial charge in [0.15, 0.2) is 0 Å². The molecule has 6 heteroatoms. The smallest absolute Gasteiger partial charge is 0.341 e. The van der Waals surface area contributed by atoms with Crippen molar-refractivity contribution in [3.8, 4) is 0 Å². The quantitative estimate of drug-likeness (QED) is 0.573. The molecule has 2 rings (SSSR count). The first kappa shape index (κ1) is 19.2. The van der Waals surface area contributed by atoms with Crippen LogP contribution in [0, 0.1) is 13.8 Å². The van der Waals surface area contributed by atoms with Gasteiger partial charge in [-0.15, -0.1) is 11.3 Å². The Morgan fingerprint density at radius 1 is 1.20 bits per heavy atom. The fourth-order valence-corrected chi connectivity index (χ4v) is 3.31. The molecule has 4 nitrogen and oxygen atoms in total. The van der Waals surface area contributed by atoms with Gasteiger partial charge in [0, 0.05) is 16.0 Å². The molecule has 0 bridgehead atoms. The van der Waals surface area contributed by atoms with Gasteiger partial charge in [-0.3, -0.25) is 4.79 Å². The second-order valence-corrected chi connectivity index (χ2v) is 7.48. The molecule has 1 amide bonds. The molecule has 1 N–H and O–H groups in total. The van der Waals surface area contributed by atoms with Crippen molar-refractivity contribution >= 4 is 45.9 Å². The summed E-state index contributed by atoms with van der Waals surface area (Å²) in [4.78, 5) is 25.5. The van der Waals surface area contributed by atoms with Crippen LogP contribution in [0.3, 0.4) is 0 Å². The molecule has 0 saturated heterocycles. The summed E-state index contributed by atoms with van der Waals surface area (Å²) in [5.74, 6) is -0.733. The molecule has 1 aromatic carbocycles. The van der Waals surface area contributed by atoms with Gasteiger partial charge < -0.3 is 10.1 Å². The molecule has 1 aromatic heterocycles. The molecule has 2 aromatic rings. The largest absolute Gasteiger partial charge is 0.459 e. The number of rotatable bonds is 5. The highest BCUT2D eigenvalue weighted by molar-refractivity contribution is 7.16. The van der Waals surface area contributed by atoms with E-state index in [-0.39, 0.29) is 12.0 Å². The first-order chi connectivity index (χ1) is 11.8. The minimum Gasteiger partial charge on any atom is -0.459 e. The van der Waals surface area contributed by atoms with Crippen molar-refractivity contribution in [2.75, 3.05) is 5.32 Å². The molecule has 0 spiro atoms. The number of benzene rings is 1. The summed E-state index contributed by atoms with van der Waals surface area (Å²) >= 11 is 7.20. The van der Waals surface area contributed by atoms with Gasteiger partial charge in [-0.05, 0) is 57.0 Å². The van der Waals surface area contributed by atoms with E-state index < -0.39 is 5.97 Å². The van der Waals surface area contributed by atoms with Crippen LogP contribution in [0.2, 0.25) is 5.02 Å². The summed E-state index contributed by atoms with van der Waals surface area (Å²) in [6, 6.07) is 7.14. The fourth-order valence-electron chi connectivity index (χ4n) is 2.13. The van der Waals surface area contributed by atoms with Crippen LogP contribution in [0.4, 0.5) is 5.00 Å². The minimum atomic E-state index is -0.422. The summed E-state index contributed by atoms with van der Waals surface area (Å²) in [5, 5.41) is 3.92. The average Bonchev–Trinajstić information content (AvgIpc) is 2.80. The fraction of sp³-hybridized carbons (Fsp3) is 0.263. The Kier molecular flexibility index (Phi) is 6.39. The van der Waals surface area contributed by atoms with E-state index in [1.54, 1.807) is 32.1 Å². The second kappa shape index (κ2) is 8.32. The van der Waals surface area contributed by atoms with Gasteiger partial charge in [0.25, 0.3) is 0 Å². The van der Waals surface area contributed by atoms with Crippen molar-refractivity contribution in [2.24, 2.45) is 0 Å². The highest BCUT2D eigenvalue weighted by atomic mass is 35.5. The number of nitrogens with one attached hydrogen (secondary N) is 1. The third-order valence-electron chi connectivity index (χ3n) is 3.47. The summed E-state index contributed by atoms with van der Waals surface area (Å²) in [5.41, 5.74) is 2.11. The molecule has 0 fully saturated rings. The number of halogens is 1. The van der Waals surface area contributed by atoms with Gasteiger partial charge in [0.05, 0.1) is 11.7 Å². The van der Waals surface area contributed by atoms with Crippen LogP contribution in [-0.4, -0.2) is 18.0 Å². The molecule has 132 valence electrons. The number of hydrogen-bond acceptors (Lipinski definition) is 4. The van der Waals surface area contributed by atoms with E-state index in [0.29, 0.717) is 15.6 Å². The Morgan fingerprint density at radius 2 is 1.84 bits per heavy atom. The number of hydrogen-bond donors (Lipinski definition) is 1. The molecule has 0 unspecified atom stereocenters. The van der Waals surface area contributed by atoms with E-state index in [1.165, 1.54) is 17.4 Å². The maximum Gasteiger partial charge on any atom is 0.341 e. The van der Waals surface area contributed by atoms with Crippen molar-refractivity contribution in [1.29, 1.82) is 0 Å². The van der Waals surface area contributed by atoms with Crippen LogP contribution in [0.5, 0.6) is 0 Å². The lowest BCUT2D eigenvalue weighted by Crippen LogP contribution is -2.15. The molecule has 1 heterocycles. The van der Waals surface area contributed by atoms with E-state index in [9.17, 15) is 9.59 Å². The molecule has 0 aliphatic carbocycles. The van der Waals surface area contributed by atoms with Crippen molar-refractivity contribution in [3.63, 3.8) is 0 Å². The third-order valence-corrected chi connectivity index (χ3v) is 4.84. The molecule has 25 heavy (non-hydrogen) atoms. The normalized spacial score (nSPS) is 11.1. The second-order valence-electron chi connectivity index (χ2n) is 5.82. The Morgan fingerprint density at radius 3 is 2.44 bits per heavy atom. The standard InChI is InChI=1S/C19H20ClNO3S/c1-11(2)24-19(23)17-12(3)13(4)25-18(17)21-16(22)10-7-14-5-8-15(20)9-6-14/h5-11H,1-4H3,(H,21,22)/b10-7+. The van der Waals surface area contributed by atoms with E-state index in [2.05, 4.69) is 5.32 Å². The van der Waals surface area contributed by atoms with Crippen molar-refractivity contribution in [2.45, 2.75) is 33.8 Å². The Bertz CT molecular complexity index is 807. The van der Waals surface area contributed by atoms with E-state index in [4.69, 9.17) is 16.3 Å². The number of carbonyl (C=O) groups is 2. The highest BCUT2D eigenvalue weighted by Crippen LogP contribution is 2.33. The van der Waals surface area contributed by atoms with Crippen LogP contribution >= 0.6 is 22.9 Å². The molecular formula is C19H20ClNO3S. The summed E-state index contributed by atoms with van der Waals surface area (Å²) in [6.07, 6.45) is 2.89. The predicted octanol–water partition coefficient (Wildman–Crippen LogP) is 5.24. The summed E-state index contributed by atoms with van der Waals surface area (Å²) in [6.45, 7) is 7.34. The zero-order chi connectivity index (χ0) is 18.6. The first-order valence-corrected chi connectivity index (χ1v) is 9.03. The van der Waals surface area contributed by atoms with E-state index in [0.717, 1.165) is 16.0 Å².